The van der Waals surface area contributed by atoms with Crippen LogP contribution in [-0.4, -0.2) is 63.5 Å². The number of nitrogens with zero attached hydrogens (tertiary/aromatic N) is 3. The molecular weight excluding hydrogens is 365 g/mol. The molecule has 2 aromatic heterocycles. The summed E-state index contributed by atoms with van der Waals surface area (Å²) in [5.74, 6) is -0.686. The Labute approximate surface area is 151 Å². The molecule has 1 atom stereocenters. The molecule has 0 aromatic carbocycles. The fourth-order valence-electron chi connectivity index (χ4n) is 2.83. The van der Waals surface area contributed by atoms with E-state index in [-0.39, 0.29) is 28.7 Å². The van der Waals surface area contributed by atoms with Crippen LogP contribution in [0.2, 0.25) is 0 Å². The fraction of sp³-hybridized carbons (Fsp3) is 0.375. The summed E-state index contributed by atoms with van der Waals surface area (Å²) in [6, 6.07) is -0.0536. The number of aromatic nitrogens is 3. The number of alkyl halides is 3. The monoisotopic (exact) mass is 382 g/mol. The summed E-state index contributed by atoms with van der Waals surface area (Å²) in [5.41, 5.74) is 0.421. The van der Waals surface area contributed by atoms with Gasteiger partial charge in [-0.25, -0.2) is 9.97 Å². The maximum absolute atomic E-state index is 12.3. The van der Waals surface area contributed by atoms with Crippen LogP contribution in [0.1, 0.15) is 16.8 Å². The van der Waals surface area contributed by atoms with E-state index in [1.807, 2.05) is 5.32 Å². The topological polar surface area (TPSA) is 103 Å². The van der Waals surface area contributed by atoms with Gasteiger partial charge in [0.2, 0.25) is 5.91 Å². The lowest BCUT2D eigenvalue weighted by atomic mass is 10.2. The minimum atomic E-state index is -4.50. The van der Waals surface area contributed by atoms with Gasteiger partial charge in [-0.1, -0.05) is 6.58 Å². The summed E-state index contributed by atoms with van der Waals surface area (Å²) in [4.78, 5) is 36.4. The highest BCUT2D eigenvalue weighted by molar-refractivity contribution is 6.04. The van der Waals surface area contributed by atoms with Gasteiger partial charge in [0.15, 0.2) is 5.65 Å². The molecule has 1 aliphatic rings. The maximum atomic E-state index is 12.3. The first-order valence-electron chi connectivity index (χ1n) is 8.14. The first-order chi connectivity index (χ1) is 12.8. The SMILES string of the molecule is C=CC(=O)N1CC[C@@H](Nc2cnc3[nH]cc(C(=O)NCC(F)(F)F)c3n2)C1. The van der Waals surface area contributed by atoms with Gasteiger partial charge in [0, 0.05) is 25.3 Å². The van der Waals surface area contributed by atoms with E-state index in [4.69, 9.17) is 0 Å². The number of fused-ring (bicyclic) bond motifs is 1. The Morgan fingerprint density at radius 1 is 1.44 bits per heavy atom. The Bertz CT molecular complexity index is 879. The van der Waals surface area contributed by atoms with Crippen molar-refractivity contribution in [1.29, 1.82) is 0 Å². The molecule has 2 amide bonds. The number of halogens is 3. The van der Waals surface area contributed by atoms with Crippen LogP contribution in [0.15, 0.2) is 25.0 Å². The second kappa shape index (κ2) is 7.25. The first-order valence-corrected chi connectivity index (χ1v) is 8.14. The van der Waals surface area contributed by atoms with Crippen LogP contribution >= 0.6 is 0 Å². The maximum Gasteiger partial charge on any atom is 0.405 e. The van der Waals surface area contributed by atoms with Crippen LogP contribution in [0.25, 0.3) is 11.2 Å². The first kappa shape index (κ1) is 18.7. The summed E-state index contributed by atoms with van der Waals surface area (Å²) in [6.45, 7) is 3.07. The van der Waals surface area contributed by atoms with Crippen molar-refractivity contribution < 1.29 is 22.8 Å². The van der Waals surface area contributed by atoms with E-state index in [9.17, 15) is 22.8 Å². The molecular formula is C16H17F3N6O2. The van der Waals surface area contributed by atoms with Gasteiger partial charge in [-0.3, -0.25) is 9.59 Å². The number of hydrogen-bond acceptors (Lipinski definition) is 5. The van der Waals surface area contributed by atoms with Crippen molar-refractivity contribution in [3.8, 4) is 0 Å². The highest BCUT2D eigenvalue weighted by Crippen LogP contribution is 2.20. The van der Waals surface area contributed by atoms with Crippen molar-refractivity contribution in [1.82, 2.24) is 25.2 Å². The molecule has 0 unspecified atom stereocenters. The third kappa shape index (κ3) is 4.36. The average Bonchev–Trinajstić information content (AvgIpc) is 3.25. The third-order valence-electron chi connectivity index (χ3n) is 4.10. The van der Waals surface area contributed by atoms with Crippen LogP contribution in [0.3, 0.4) is 0 Å². The Hall–Kier alpha value is -3.11. The van der Waals surface area contributed by atoms with Crippen LogP contribution in [0.4, 0.5) is 19.0 Å². The van der Waals surface area contributed by atoms with Crippen LogP contribution in [0.5, 0.6) is 0 Å². The van der Waals surface area contributed by atoms with Gasteiger partial charge in [-0.2, -0.15) is 13.2 Å². The number of likely N-dealkylation sites (tertiary alicyclic amines) is 1. The van der Waals surface area contributed by atoms with Gasteiger partial charge in [-0.15, -0.1) is 0 Å². The average molecular weight is 382 g/mol. The molecule has 1 saturated heterocycles. The number of carbonyl (C=O) groups is 2. The lowest BCUT2D eigenvalue weighted by molar-refractivity contribution is -0.125. The van der Waals surface area contributed by atoms with E-state index in [0.717, 1.165) is 0 Å². The molecule has 0 aliphatic carbocycles. The quantitative estimate of drug-likeness (QED) is 0.680. The smallest absolute Gasteiger partial charge is 0.364 e. The molecule has 0 saturated carbocycles. The van der Waals surface area contributed by atoms with E-state index >= 15 is 0 Å². The molecule has 3 rings (SSSR count). The van der Waals surface area contributed by atoms with Crippen molar-refractivity contribution in [2.45, 2.75) is 18.6 Å². The number of H-pyrrole nitrogens is 1. The van der Waals surface area contributed by atoms with Gasteiger partial charge in [-0.05, 0) is 12.5 Å². The summed E-state index contributed by atoms with van der Waals surface area (Å²) >= 11 is 0. The van der Waals surface area contributed by atoms with E-state index < -0.39 is 18.6 Å². The summed E-state index contributed by atoms with van der Waals surface area (Å²) in [6.07, 6.45) is 0.164. The van der Waals surface area contributed by atoms with E-state index in [2.05, 4.69) is 26.8 Å². The molecule has 1 aliphatic heterocycles. The van der Waals surface area contributed by atoms with Crippen molar-refractivity contribution in [2.24, 2.45) is 0 Å². The molecule has 3 heterocycles. The van der Waals surface area contributed by atoms with Gasteiger partial charge >= 0.3 is 6.18 Å². The minimum Gasteiger partial charge on any atom is -0.364 e. The van der Waals surface area contributed by atoms with E-state index in [0.29, 0.717) is 25.3 Å². The van der Waals surface area contributed by atoms with Crippen LogP contribution in [-0.2, 0) is 4.79 Å². The zero-order valence-electron chi connectivity index (χ0n) is 14.1. The van der Waals surface area contributed by atoms with Crippen molar-refractivity contribution in [3.63, 3.8) is 0 Å². The highest BCUT2D eigenvalue weighted by atomic mass is 19.4. The number of carbonyl (C=O) groups excluding carboxylic acids is 2. The van der Waals surface area contributed by atoms with Crippen LogP contribution in [0, 0.1) is 0 Å². The number of hydrogen-bond donors (Lipinski definition) is 3. The third-order valence-corrected chi connectivity index (χ3v) is 4.10. The van der Waals surface area contributed by atoms with Crippen molar-refractivity contribution in [2.75, 3.05) is 25.0 Å². The predicted octanol–water partition coefficient (Wildman–Crippen LogP) is 1.45. The lowest BCUT2D eigenvalue weighted by Gasteiger charge is -2.15. The summed E-state index contributed by atoms with van der Waals surface area (Å²) in [7, 11) is 0. The predicted molar refractivity (Wildman–Crippen MR) is 91.1 cm³/mol. The van der Waals surface area contributed by atoms with Gasteiger partial charge < -0.3 is 20.5 Å². The van der Waals surface area contributed by atoms with Crippen molar-refractivity contribution >= 4 is 28.8 Å². The number of rotatable bonds is 5. The van der Waals surface area contributed by atoms with Gasteiger partial charge in [0.25, 0.3) is 5.91 Å². The lowest BCUT2D eigenvalue weighted by Crippen LogP contribution is -2.33. The Morgan fingerprint density at radius 2 is 2.22 bits per heavy atom. The number of anilines is 1. The van der Waals surface area contributed by atoms with E-state index in [1.165, 1.54) is 18.5 Å². The fourth-order valence-corrected chi connectivity index (χ4v) is 2.83. The Kier molecular flexibility index (Phi) is 5.02. The van der Waals surface area contributed by atoms with Crippen LogP contribution < -0.4 is 10.6 Å². The molecule has 3 N–H and O–H groups in total. The molecule has 27 heavy (non-hydrogen) atoms. The number of aromatic amines is 1. The van der Waals surface area contributed by atoms with E-state index in [1.54, 1.807) is 4.90 Å². The molecule has 11 heteroatoms. The van der Waals surface area contributed by atoms with Gasteiger partial charge in [0.1, 0.15) is 17.9 Å². The molecule has 8 nitrogen and oxygen atoms in total. The second-order valence-electron chi connectivity index (χ2n) is 6.07. The zero-order chi connectivity index (χ0) is 19.6. The number of amides is 2. The molecule has 0 bridgehead atoms. The zero-order valence-corrected chi connectivity index (χ0v) is 14.1. The summed E-state index contributed by atoms with van der Waals surface area (Å²) < 4.78 is 36.8. The highest BCUT2D eigenvalue weighted by Gasteiger charge is 2.29. The standard InChI is InChI=1S/C16H17F3N6O2/c1-2-12(26)25-4-3-9(7-25)23-11-6-21-14-13(24-11)10(5-20-14)15(27)22-8-16(17,18)19/h2,5-6,9H,1,3-4,7-8H2,(H,20,21)(H,22,27)(H,23,24)/t9-/m1/s1. The molecule has 144 valence electrons. The Balaban J connectivity index is 1.72. The van der Waals surface area contributed by atoms with Crippen molar-refractivity contribution in [3.05, 3.63) is 30.6 Å². The van der Waals surface area contributed by atoms with Gasteiger partial charge in [0.05, 0.1) is 11.8 Å². The molecule has 0 radical (unpaired) electrons. The summed E-state index contributed by atoms with van der Waals surface area (Å²) in [5, 5.41) is 4.94. The number of nitrogens with one attached hydrogen (secondary N) is 3. The molecule has 0 spiro atoms. The minimum absolute atomic E-state index is 0.0275. The normalized spacial score (nSPS) is 17.1. The molecule has 2 aromatic rings. The molecule has 1 fully saturated rings. The second-order valence-corrected chi connectivity index (χ2v) is 6.07. The largest absolute Gasteiger partial charge is 0.405 e. The Morgan fingerprint density at radius 3 is 2.93 bits per heavy atom.